The number of rotatable bonds is 5. The number of carbonyl (C=O) groups is 1. The molecule has 194 valence electrons. The molecule has 0 radical (unpaired) electrons. The van der Waals surface area contributed by atoms with Crippen molar-refractivity contribution in [2.75, 3.05) is 0 Å². The maximum atomic E-state index is 9.75. The molecule has 0 heterocycles. The largest absolute Gasteiger partial charge is 0.435 e. The first-order valence-electron chi connectivity index (χ1n) is 11.8. The second-order valence-corrected chi connectivity index (χ2v) is 7.54. The van der Waals surface area contributed by atoms with Crippen molar-refractivity contribution < 1.29 is 9.53 Å². The summed E-state index contributed by atoms with van der Waals surface area (Å²) in [7, 11) is 0. The lowest BCUT2D eigenvalue weighted by Crippen LogP contribution is -1.87. The van der Waals surface area contributed by atoms with Crippen molar-refractivity contribution in [2.45, 2.75) is 27.7 Å². The Morgan fingerprint density at radius 1 is 0.649 bits per heavy atom. The Morgan fingerprint density at radius 2 is 1.22 bits per heavy atom. The first-order chi connectivity index (χ1) is 17.7. The van der Waals surface area contributed by atoms with Crippen LogP contribution in [-0.2, 0) is 9.53 Å². The normalized spacial score (nSPS) is 8.22. The second-order valence-electron chi connectivity index (χ2n) is 7.54. The minimum atomic E-state index is -0.329. The fourth-order valence-electron chi connectivity index (χ4n) is 2.43. The maximum Gasteiger partial charge on any atom is 0.307 e. The summed E-state index contributed by atoms with van der Waals surface area (Å²) in [4.78, 5) is 9.75. The van der Waals surface area contributed by atoms with E-state index < -0.39 is 0 Å². The zero-order chi connectivity index (χ0) is 28.5. The highest BCUT2D eigenvalue weighted by molar-refractivity contribution is 5.66. The third-order valence-corrected chi connectivity index (χ3v) is 4.42. The molecule has 3 aromatic rings. The average molecular weight is 495 g/mol. The number of carbonyl (C=O) groups excluding carboxylic acids is 1. The van der Waals surface area contributed by atoms with Gasteiger partial charge < -0.3 is 4.74 Å². The Hall–Kier alpha value is -4.43. The summed E-state index contributed by atoms with van der Waals surface area (Å²) in [6, 6.07) is 24.7. The van der Waals surface area contributed by atoms with Crippen LogP contribution in [0.25, 0.3) is 18.2 Å². The van der Waals surface area contributed by atoms with Gasteiger partial charge in [-0.25, -0.2) is 0 Å². The van der Waals surface area contributed by atoms with Crippen LogP contribution < -0.4 is 0 Å². The van der Waals surface area contributed by atoms with Crippen molar-refractivity contribution in [3.63, 3.8) is 0 Å². The van der Waals surface area contributed by atoms with E-state index in [9.17, 15) is 4.79 Å². The molecule has 0 unspecified atom stereocenters. The van der Waals surface area contributed by atoms with E-state index in [-0.39, 0.29) is 5.97 Å². The molecule has 0 aliphatic heterocycles. The molecule has 0 bridgehead atoms. The van der Waals surface area contributed by atoms with Gasteiger partial charge in [0.25, 0.3) is 0 Å². The zero-order valence-electron chi connectivity index (χ0n) is 23.0. The zero-order valence-corrected chi connectivity index (χ0v) is 23.0. The van der Waals surface area contributed by atoms with Crippen LogP contribution in [0.3, 0.4) is 0 Å². The summed E-state index contributed by atoms with van der Waals surface area (Å²) in [5, 5.41) is 0. The van der Waals surface area contributed by atoms with Crippen molar-refractivity contribution >= 4 is 24.2 Å². The monoisotopic (exact) mass is 494 g/mol. The molecule has 0 aliphatic carbocycles. The van der Waals surface area contributed by atoms with Crippen LogP contribution in [0.5, 0.6) is 0 Å². The van der Waals surface area contributed by atoms with Crippen LogP contribution in [0.1, 0.15) is 40.3 Å². The number of allylic oxidation sites excluding steroid dienone is 2. The van der Waals surface area contributed by atoms with E-state index in [1.807, 2.05) is 42.5 Å². The number of hydrogen-bond acceptors (Lipinski definition) is 2. The molecule has 2 heteroatoms. The second kappa shape index (κ2) is 23.3. The van der Waals surface area contributed by atoms with Gasteiger partial charge in [-0.05, 0) is 43.0 Å². The molecule has 0 spiro atoms. The molecule has 0 amide bonds. The van der Waals surface area contributed by atoms with E-state index in [0.29, 0.717) is 0 Å². The van der Waals surface area contributed by atoms with Gasteiger partial charge in [-0.15, -0.1) is 0 Å². The predicted octanol–water partition coefficient (Wildman–Crippen LogP) is 9.97. The summed E-state index contributed by atoms with van der Waals surface area (Å²) in [5.41, 5.74) is 7.45. The van der Waals surface area contributed by atoms with Crippen molar-refractivity contribution in [2.24, 2.45) is 0 Å². The van der Waals surface area contributed by atoms with Crippen molar-refractivity contribution in [1.29, 1.82) is 0 Å². The van der Waals surface area contributed by atoms with Crippen LogP contribution in [-0.4, -0.2) is 5.97 Å². The van der Waals surface area contributed by atoms with E-state index in [0.717, 1.165) is 6.26 Å². The van der Waals surface area contributed by atoms with E-state index in [4.69, 9.17) is 0 Å². The predicted molar refractivity (Wildman–Crippen MR) is 166 cm³/mol. The maximum absolute atomic E-state index is 9.75. The quantitative estimate of drug-likeness (QED) is 0.200. The standard InChI is InChI=1S/3C9H10.C4H6O2.C4H6/c1-3-9-6-4-8(2)5-7-9;1-3-9-6-4-5-8(2)7-9;1-3-9-7-5-4-6-8(9)2;1-3-6-4(2)5;1-3-4-2/h3*3-7H,1H2,2H3;3H,1H2,2H3;3-4H,1-2H2. The van der Waals surface area contributed by atoms with E-state index in [1.165, 1.54) is 40.3 Å². The van der Waals surface area contributed by atoms with Crippen LogP contribution in [0.4, 0.5) is 0 Å². The molecule has 2 nitrogen and oxygen atoms in total. The molecule has 3 aromatic carbocycles. The lowest BCUT2D eigenvalue weighted by Gasteiger charge is -1.95. The smallest absolute Gasteiger partial charge is 0.307 e. The Morgan fingerprint density at radius 3 is 1.54 bits per heavy atom. The van der Waals surface area contributed by atoms with E-state index >= 15 is 0 Å². The molecule has 0 N–H and O–H groups in total. The topological polar surface area (TPSA) is 26.3 Å². The Balaban J connectivity index is 0. The van der Waals surface area contributed by atoms with Gasteiger partial charge in [0, 0.05) is 6.92 Å². The third-order valence-electron chi connectivity index (χ3n) is 4.42. The number of aryl methyl sites for hydroxylation is 3. The summed E-state index contributed by atoms with van der Waals surface area (Å²) in [5.74, 6) is -0.329. The Bertz CT molecular complexity index is 1100. The summed E-state index contributed by atoms with van der Waals surface area (Å²) >= 11 is 0. The highest BCUT2D eigenvalue weighted by Gasteiger charge is 1.87. The van der Waals surface area contributed by atoms with Crippen LogP contribution in [0.2, 0.25) is 0 Å². The SMILES string of the molecule is C=CC=C.C=COC(C)=O.C=Cc1ccc(C)cc1.C=Cc1cccc(C)c1.C=Cc1ccccc1C. The molecule has 37 heavy (non-hydrogen) atoms. The fourth-order valence-corrected chi connectivity index (χ4v) is 2.43. The minimum absolute atomic E-state index is 0.329. The van der Waals surface area contributed by atoms with Crippen LogP contribution in [0, 0.1) is 20.8 Å². The van der Waals surface area contributed by atoms with Crippen molar-refractivity contribution in [1.82, 2.24) is 0 Å². The number of ether oxygens (including phenoxy) is 1. The lowest BCUT2D eigenvalue weighted by molar-refractivity contribution is -0.135. The molecular formula is C35H42O2. The highest BCUT2D eigenvalue weighted by atomic mass is 16.5. The van der Waals surface area contributed by atoms with Gasteiger partial charge in [0.1, 0.15) is 0 Å². The molecule has 0 fully saturated rings. The third kappa shape index (κ3) is 20.6. The molecule has 0 aromatic heterocycles. The van der Waals surface area contributed by atoms with Gasteiger partial charge >= 0.3 is 5.97 Å². The molecule has 0 saturated carbocycles. The van der Waals surface area contributed by atoms with E-state index in [1.54, 1.807) is 12.2 Å². The van der Waals surface area contributed by atoms with Crippen LogP contribution >= 0.6 is 0 Å². The first-order valence-corrected chi connectivity index (χ1v) is 11.8. The fraction of sp³-hybridized carbons (Fsp3) is 0.114. The number of hydrogen-bond donors (Lipinski definition) is 0. The number of benzene rings is 3. The van der Waals surface area contributed by atoms with Crippen molar-refractivity contribution in [3.8, 4) is 0 Å². The molecule has 0 aliphatic rings. The van der Waals surface area contributed by atoms with Gasteiger partial charge in [-0.3, -0.25) is 4.79 Å². The van der Waals surface area contributed by atoms with Crippen LogP contribution in [0.15, 0.2) is 131 Å². The van der Waals surface area contributed by atoms with Gasteiger partial charge in [0.2, 0.25) is 0 Å². The average Bonchev–Trinajstić information content (AvgIpc) is 2.90. The van der Waals surface area contributed by atoms with Gasteiger partial charge in [0.15, 0.2) is 0 Å². The van der Waals surface area contributed by atoms with Gasteiger partial charge in [-0.2, -0.15) is 0 Å². The molecular weight excluding hydrogens is 452 g/mol. The summed E-state index contributed by atoms with van der Waals surface area (Å²) < 4.78 is 4.17. The highest BCUT2D eigenvalue weighted by Crippen LogP contribution is 2.07. The van der Waals surface area contributed by atoms with Gasteiger partial charge in [-0.1, -0.05) is 154 Å². The first kappa shape index (κ1) is 34.7. The number of esters is 1. The Kier molecular flexibility index (Phi) is 21.9. The molecule has 3 rings (SSSR count). The van der Waals surface area contributed by atoms with Gasteiger partial charge in [0.05, 0.1) is 6.26 Å². The molecule has 0 saturated heterocycles. The van der Waals surface area contributed by atoms with E-state index in [2.05, 4.69) is 114 Å². The summed E-state index contributed by atoms with van der Waals surface area (Å²) in [6.45, 7) is 28.5. The Labute approximate surface area is 225 Å². The minimum Gasteiger partial charge on any atom is -0.435 e. The lowest BCUT2D eigenvalue weighted by atomic mass is 10.1. The summed E-state index contributed by atoms with van der Waals surface area (Å²) in [6.07, 6.45) is 9.95. The van der Waals surface area contributed by atoms with Crippen molar-refractivity contribution in [3.05, 3.63) is 164 Å². The molecule has 0 atom stereocenters.